The van der Waals surface area contributed by atoms with Crippen LogP contribution < -0.4 is 5.73 Å². The van der Waals surface area contributed by atoms with Crippen LogP contribution in [-0.4, -0.2) is 19.3 Å². The van der Waals surface area contributed by atoms with Gasteiger partial charge in [-0.3, -0.25) is 0 Å². The molecule has 2 rings (SSSR count). The van der Waals surface area contributed by atoms with Gasteiger partial charge in [-0.05, 0) is 32.1 Å². The highest BCUT2D eigenvalue weighted by Crippen LogP contribution is 2.30. The summed E-state index contributed by atoms with van der Waals surface area (Å²) in [5.41, 5.74) is 9.16. The van der Waals surface area contributed by atoms with Gasteiger partial charge in [0.25, 0.3) is 0 Å². The van der Waals surface area contributed by atoms with Crippen molar-refractivity contribution in [2.75, 3.05) is 13.2 Å². The van der Waals surface area contributed by atoms with Gasteiger partial charge in [-0.25, -0.2) is 0 Å². The Morgan fingerprint density at radius 2 is 1.83 bits per heavy atom. The van der Waals surface area contributed by atoms with Gasteiger partial charge in [0.05, 0.1) is 13.2 Å². The highest BCUT2D eigenvalue weighted by atomic mass is 16.5. The van der Waals surface area contributed by atoms with Crippen LogP contribution >= 0.6 is 0 Å². The molecule has 0 aromatic rings. The zero-order valence-electron chi connectivity index (χ0n) is 7.51. The van der Waals surface area contributed by atoms with E-state index in [2.05, 4.69) is 0 Å². The first-order valence-electron chi connectivity index (χ1n) is 4.89. The molecule has 1 unspecified atom stereocenters. The second kappa shape index (κ2) is 3.58. The summed E-state index contributed by atoms with van der Waals surface area (Å²) in [7, 11) is 0. The predicted molar refractivity (Wildman–Crippen MR) is 48.9 cm³/mol. The van der Waals surface area contributed by atoms with Crippen molar-refractivity contribution in [1.29, 1.82) is 0 Å². The van der Waals surface area contributed by atoms with E-state index in [0.29, 0.717) is 6.04 Å². The summed E-state index contributed by atoms with van der Waals surface area (Å²) in [6.07, 6.45) is 5.90. The van der Waals surface area contributed by atoms with Gasteiger partial charge in [-0.2, -0.15) is 0 Å². The van der Waals surface area contributed by atoms with E-state index in [9.17, 15) is 0 Å². The van der Waals surface area contributed by atoms with Crippen LogP contribution in [0.15, 0.2) is 11.1 Å². The molecule has 0 aromatic carbocycles. The molecule has 1 atom stereocenters. The van der Waals surface area contributed by atoms with E-state index in [-0.39, 0.29) is 0 Å². The maximum atomic E-state index is 5.87. The molecule has 0 bridgehead atoms. The van der Waals surface area contributed by atoms with Crippen molar-refractivity contribution in [2.45, 2.75) is 38.1 Å². The lowest BCUT2D eigenvalue weighted by Gasteiger charge is -2.17. The molecule has 2 heteroatoms. The lowest BCUT2D eigenvalue weighted by Crippen LogP contribution is -2.14. The fourth-order valence-electron chi connectivity index (χ4n) is 2.17. The van der Waals surface area contributed by atoms with Gasteiger partial charge < -0.3 is 10.5 Å². The summed E-state index contributed by atoms with van der Waals surface area (Å²) in [5.74, 6) is 0. The number of hydrogen-bond donors (Lipinski definition) is 1. The molecule has 2 fully saturated rings. The average molecular weight is 167 g/mol. The number of hydrogen-bond acceptors (Lipinski definition) is 2. The normalized spacial score (nSPS) is 31.2. The van der Waals surface area contributed by atoms with E-state index >= 15 is 0 Å². The van der Waals surface area contributed by atoms with Crippen molar-refractivity contribution in [2.24, 2.45) is 5.73 Å². The van der Waals surface area contributed by atoms with Crippen molar-refractivity contribution in [3.05, 3.63) is 11.1 Å². The van der Waals surface area contributed by atoms with Crippen LogP contribution in [-0.2, 0) is 4.74 Å². The third kappa shape index (κ3) is 1.70. The van der Waals surface area contributed by atoms with E-state index in [4.69, 9.17) is 10.5 Å². The van der Waals surface area contributed by atoms with E-state index < -0.39 is 0 Å². The van der Waals surface area contributed by atoms with Crippen molar-refractivity contribution in [1.82, 2.24) is 0 Å². The molecule has 0 spiro atoms. The molecule has 68 valence electrons. The Morgan fingerprint density at radius 3 is 2.42 bits per heavy atom. The lowest BCUT2D eigenvalue weighted by atomic mass is 10.00. The van der Waals surface area contributed by atoms with Crippen LogP contribution in [0, 0.1) is 0 Å². The minimum absolute atomic E-state index is 0.440. The second-order valence-corrected chi connectivity index (χ2v) is 3.82. The van der Waals surface area contributed by atoms with Gasteiger partial charge in [0.2, 0.25) is 0 Å². The van der Waals surface area contributed by atoms with Crippen LogP contribution in [0.4, 0.5) is 0 Å². The molecule has 0 radical (unpaired) electrons. The standard InChI is InChI=1S/C10H17NO/c11-10-2-1-9(7-10)8-3-5-12-6-4-8/h10H,1-7,11H2. The Kier molecular flexibility index (Phi) is 2.47. The largest absolute Gasteiger partial charge is 0.381 e. The topological polar surface area (TPSA) is 35.2 Å². The van der Waals surface area contributed by atoms with E-state index in [1.807, 2.05) is 0 Å². The molecule has 2 nitrogen and oxygen atoms in total. The van der Waals surface area contributed by atoms with Gasteiger partial charge in [0.1, 0.15) is 0 Å². The molecule has 2 aliphatic rings. The fraction of sp³-hybridized carbons (Fsp3) is 0.800. The molecular formula is C10H17NO. The molecule has 0 amide bonds. The van der Waals surface area contributed by atoms with Crippen LogP contribution in [0.1, 0.15) is 32.1 Å². The Hall–Kier alpha value is -0.340. The molecule has 1 aliphatic heterocycles. The van der Waals surface area contributed by atoms with Crippen LogP contribution in [0.2, 0.25) is 0 Å². The number of rotatable bonds is 0. The van der Waals surface area contributed by atoms with Gasteiger partial charge in [-0.1, -0.05) is 11.1 Å². The maximum absolute atomic E-state index is 5.87. The zero-order valence-corrected chi connectivity index (χ0v) is 7.51. The smallest absolute Gasteiger partial charge is 0.0503 e. The van der Waals surface area contributed by atoms with Crippen LogP contribution in [0.5, 0.6) is 0 Å². The van der Waals surface area contributed by atoms with Crippen molar-refractivity contribution >= 4 is 0 Å². The summed E-state index contributed by atoms with van der Waals surface area (Å²) < 4.78 is 5.32. The molecular weight excluding hydrogens is 150 g/mol. The Morgan fingerprint density at radius 1 is 1.08 bits per heavy atom. The van der Waals surface area contributed by atoms with Gasteiger partial charge >= 0.3 is 0 Å². The first kappa shape index (κ1) is 8.27. The first-order chi connectivity index (χ1) is 5.86. The highest BCUT2D eigenvalue weighted by molar-refractivity contribution is 5.20. The summed E-state index contributed by atoms with van der Waals surface area (Å²) in [6, 6.07) is 0.440. The molecule has 1 heterocycles. The Labute approximate surface area is 73.8 Å². The fourth-order valence-corrected chi connectivity index (χ4v) is 2.17. The number of ether oxygens (including phenoxy) is 1. The molecule has 12 heavy (non-hydrogen) atoms. The summed E-state index contributed by atoms with van der Waals surface area (Å²) in [5, 5.41) is 0. The van der Waals surface area contributed by atoms with Crippen LogP contribution in [0.3, 0.4) is 0 Å². The summed E-state index contributed by atoms with van der Waals surface area (Å²) >= 11 is 0. The molecule has 0 aromatic heterocycles. The minimum atomic E-state index is 0.440. The highest BCUT2D eigenvalue weighted by Gasteiger charge is 2.19. The zero-order chi connectivity index (χ0) is 8.39. The van der Waals surface area contributed by atoms with E-state index in [0.717, 1.165) is 32.5 Å². The minimum Gasteiger partial charge on any atom is -0.381 e. The average Bonchev–Trinajstić information content (AvgIpc) is 2.54. The van der Waals surface area contributed by atoms with E-state index in [1.54, 1.807) is 11.1 Å². The molecule has 1 saturated carbocycles. The van der Waals surface area contributed by atoms with E-state index in [1.165, 1.54) is 12.8 Å². The third-order valence-corrected chi connectivity index (χ3v) is 2.92. The first-order valence-corrected chi connectivity index (χ1v) is 4.89. The monoisotopic (exact) mass is 167 g/mol. The third-order valence-electron chi connectivity index (χ3n) is 2.92. The second-order valence-electron chi connectivity index (χ2n) is 3.82. The van der Waals surface area contributed by atoms with Gasteiger partial charge in [0, 0.05) is 6.04 Å². The maximum Gasteiger partial charge on any atom is 0.0503 e. The Bertz CT molecular complexity index is 185. The van der Waals surface area contributed by atoms with Gasteiger partial charge in [0.15, 0.2) is 0 Å². The predicted octanol–water partition coefficient (Wildman–Crippen LogP) is 1.60. The van der Waals surface area contributed by atoms with Gasteiger partial charge in [-0.15, -0.1) is 0 Å². The Balaban J connectivity index is 2.03. The van der Waals surface area contributed by atoms with Crippen molar-refractivity contribution in [3.63, 3.8) is 0 Å². The lowest BCUT2D eigenvalue weighted by molar-refractivity contribution is 0.118. The van der Waals surface area contributed by atoms with Crippen LogP contribution in [0.25, 0.3) is 0 Å². The van der Waals surface area contributed by atoms with Crippen molar-refractivity contribution < 1.29 is 4.74 Å². The molecule has 2 N–H and O–H groups in total. The van der Waals surface area contributed by atoms with Crippen molar-refractivity contribution in [3.8, 4) is 0 Å². The SMILES string of the molecule is NC1CCC(=C2CCOCC2)C1. The summed E-state index contributed by atoms with van der Waals surface area (Å²) in [4.78, 5) is 0. The molecule has 1 aliphatic carbocycles. The summed E-state index contributed by atoms with van der Waals surface area (Å²) in [6.45, 7) is 1.85. The quantitative estimate of drug-likeness (QED) is 0.556. The number of nitrogens with two attached hydrogens (primary N) is 1. The molecule has 1 saturated heterocycles.